The second kappa shape index (κ2) is 7.99. The number of hydrogen-bond acceptors (Lipinski definition) is 4. The molecule has 0 bridgehead atoms. The number of esters is 1. The lowest BCUT2D eigenvalue weighted by atomic mass is 9.79. The highest BCUT2D eigenvalue weighted by Crippen LogP contribution is 2.45. The van der Waals surface area contributed by atoms with Crippen LogP contribution in [0.5, 0.6) is 0 Å². The number of methoxy groups -OCH3 is 1. The second-order valence-electron chi connectivity index (χ2n) is 8.17. The molecule has 1 heterocycles. The molecule has 1 N–H and O–H groups in total. The van der Waals surface area contributed by atoms with E-state index in [4.69, 9.17) is 9.47 Å². The van der Waals surface area contributed by atoms with Crippen LogP contribution in [0.15, 0.2) is 22.4 Å². The van der Waals surface area contributed by atoms with Crippen molar-refractivity contribution in [3.8, 4) is 0 Å². The molecule has 1 aliphatic carbocycles. The van der Waals surface area contributed by atoms with Crippen LogP contribution < -0.4 is 5.32 Å². The number of carbonyl (C=O) groups is 2. The van der Waals surface area contributed by atoms with E-state index in [-0.39, 0.29) is 23.9 Å². The highest BCUT2D eigenvalue weighted by atomic mass is 79.9. The Bertz CT molecular complexity index is 835. The predicted molar refractivity (Wildman–Crippen MR) is 112 cm³/mol. The topological polar surface area (TPSA) is 64.6 Å². The Balaban J connectivity index is 2.13. The third-order valence-corrected chi connectivity index (χ3v) is 6.54. The molecule has 1 aliphatic heterocycles. The number of aryl methyl sites for hydroxylation is 2. The third-order valence-electron chi connectivity index (χ3n) is 5.89. The van der Waals surface area contributed by atoms with Crippen LogP contribution in [0.4, 0.5) is 0 Å². The third kappa shape index (κ3) is 3.77. The van der Waals surface area contributed by atoms with E-state index in [0.717, 1.165) is 34.0 Å². The Labute approximate surface area is 175 Å². The molecule has 28 heavy (non-hydrogen) atoms. The highest BCUT2D eigenvalue weighted by molar-refractivity contribution is 9.10. The Morgan fingerprint density at radius 3 is 2.39 bits per heavy atom. The highest BCUT2D eigenvalue weighted by Gasteiger charge is 2.50. The van der Waals surface area contributed by atoms with Crippen molar-refractivity contribution in [3.05, 3.63) is 39.1 Å². The van der Waals surface area contributed by atoms with Gasteiger partial charge in [-0.05, 0) is 62.8 Å². The van der Waals surface area contributed by atoms with E-state index < -0.39 is 5.54 Å². The number of nitrogens with one attached hydrogen (secondary N) is 1. The molecule has 0 aromatic heterocycles. The first-order valence-electron chi connectivity index (χ1n) is 9.77. The molecular weight excluding hydrogens is 422 g/mol. The lowest BCUT2D eigenvalue weighted by Crippen LogP contribution is -2.49. The molecule has 1 aromatic carbocycles. The van der Waals surface area contributed by atoms with E-state index in [1.807, 2.05) is 26.0 Å². The average molecular weight is 450 g/mol. The molecule has 6 heteroatoms. The summed E-state index contributed by atoms with van der Waals surface area (Å²) in [4.78, 5) is 25.6. The van der Waals surface area contributed by atoms with Gasteiger partial charge in [-0.1, -0.05) is 29.8 Å². The maximum Gasteiger partial charge on any atom is 0.313 e. The first kappa shape index (κ1) is 21.1. The van der Waals surface area contributed by atoms with Gasteiger partial charge in [-0.2, -0.15) is 0 Å². The zero-order valence-corrected chi connectivity index (χ0v) is 18.7. The van der Waals surface area contributed by atoms with E-state index >= 15 is 0 Å². The van der Waals surface area contributed by atoms with Crippen LogP contribution in [0.1, 0.15) is 56.2 Å². The van der Waals surface area contributed by atoms with Crippen molar-refractivity contribution >= 4 is 33.4 Å². The van der Waals surface area contributed by atoms with Crippen LogP contribution in [0.2, 0.25) is 0 Å². The summed E-state index contributed by atoms with van der Waals surface area (Å²) in [7, 11) is 1.71. The fraction of sp³-hybridized carbons (Fsp3) is 0.545. The van der Waals surface area contributed by atoms with Crippen molar-refractivity contribution in [2.45, 2.75) is 65.0 Å². The van der Waals surface area contributed by atoms with Gasteiger partial charge in [0.15, 0.2) is 0 Å². The van der Waals surface area contributed by atoms with Gasteiger partial charge in [-0.25, -0.2) is 0 Å². The SMILES string of the molecule is COC1CCC2(CC1)NC(=O)C(c1cc(C)c(C)cc1Br)=C2OC(=O)C(C)C. The molecule has 0 unspecified atom stereocenters. The van der Waals surface area contributed by atoms with Crippen LogP contribution in [-0.4, -0.2) is 30.6 Å². The molecule has 1 saturated carbocycles. The van der Waals surface area contributed by atoms with Crippen molar-refractivity contribution < 1.29 is 19.1 Å². The molecule has 0 saturated heterocycles. The smallest absolute Gasteiger partial charge is 0.313 e. The van der Waals surface area contributed by atoms with E-state index in [2.05, 4.69) is 21.2 Å². The van der Waals surface area contributed by atoms with Crippen LogP contribution in [-0.2, 0) is 19.1 Å². The van der Waals surface area contributed by atoms with Gasteiger partial charge in [0.1, 0.15) is 5.76 Å². The second-order valence-corrected chi connectivity index (χ2v) is 9.02. The Kier molecular flexibility index (Phi) is 6.01. The van der Waals surface area contributed by atoms with Crippen molar-refractivity contribution in [2.24, 2.45) is 5.92 Å². The van der Waals surface area contributed by atoms with E-state index in [1.54, 1.807) is 21.0 Å². The number of carbonyl (C=O) groups excluding carboxylic acids is 2. The van der Waals surface area contributed by atoms with Gasteiger partial charge in [-0.15, -0.1) is 0 Å². The summed E-state index contributed by atoms with van der Waals surface area (Å²) in [6, 6.07) is 3.98. The Morgan fingerprint density at radius 2 is 1.82 bits per heavy atom. The van der Waals surface area contributed by atoms with Gasteiger partial charge in [0.05, 0.1) is 23.1 Å². The minimum absolute atomic E-state index is 0.169. The minimum atomic E-state index is -0.649. The molecule has 0 radical (unpaired) electrons. The predicted octanol–water partition coefficient (Wildman–Crippen LogP) is 4.43. The number of ether oxygens (including phenoxy) is 2. The van der Waals surface area contributed by atoms with Gasteiger partial charge in [0.2, 0.25) is 0 Å². The summed E-state index contributed by atoms with van der Waals surface area (Å²) >= 11 is 3.60. The summed E-state index contributed by atoms with van der Waals surface area (Å²) in [5.74, 6) is -0.321. The van der Waals surface area contributed by atoms with Crippen LogP contribution in [0.3, 0.4) is 0 Å². The largest absolute Gasteiger partial charge is 0.427 e. The standard InChI is InChI=1S/C22H28BrNO4/c1-12(2)21(26)28-19-18(16-10-13(3)14(4)11-17(16)23)20(25)24-22(19)8-6-15(27-5)7-9-22/h10-12,15H,6-9H2,1-5H3,(H,24,25). The van der Waals surface area contributed by atoms with E-state index in [0.29, 0.717) is 24.2 Å². The fourth-order valence-electron chi connectivity index (χ4n) is 3.94. The molecule has 1 aromatic rings. The summed E-state index contributed by atoms with van der Waals surface area (Å²) in [6.45, 7) is 7.64. The van der Waals surface area contributed by atoms with Gasteiger partial charge < -0.3 is 14.8 Å². The number of halogens is 1. The zero-order chi connectivity index (χ0) is 20.6. The molecule has 152 valence electrons. The van der Waals surface area contributed by atoms with E-state index in [9.17, 15) is 9.59 Å². The molecule has 3 rings (SSSR count). The molecule has 2 aliphatic rings. The lowest BCUT2D eigenvalue weighted by Gasteiger charge is -2.38. The minimum Gasteiger partial charge on any atom is -0.427 e. The van der Waals surface area contributed by atoms with Crippen molar-refractivity contribution in [2.75, 3.05) is 7.11 Å². The first-order chi connectivity index (χ1) is 13.2. The molecule has 5 nitrogen and oxygen atoms in total. The van der Waals surface area contributed by atoms with Crippen LogP contribution in [0.25, 0.3) is 5.57 Å². The maximum absolute atomic E-state index is 13.1. The van der Waals surface area contributed by atoms with Gasteiger partial charge in [-0.3, -0.25) is 9.59 Å². The van der Waals surface area contributed by atoms with Gasteiger partial charge in [0, 0.05) is 17.1 Å². The number of amides is 1. The van der Waals surface area contributed by atoms with Crippen molar-refractivity contribution in [1.29, 1.82) is 0 Å². The Hall–Kier alpha value is -1.66. The molecule has 1 amide bonds. The summed E-state index contributed by atoms with van der Waals surface area (Å²) in [6.07, 6.45) is 3.15. The van der Waals surface area contributed by atoms with E-state index in [1.165, 1.54) is 0 Å². The summed E-state index contributed by atoms with van der Waals surface area (Å²) < 4.78 is 12.2. The first-order valence-corrected chi connectivity index (χ1v) is 10.6. The molecule has 1 spiro atoms. The monoisotopic (exact) mass is 449 g/mol. The molecule has 0 atom stereocenters. The normalized spacial score (nSPS) is 24.8. The number of hydrogen-bond donors (Lipinski definition) is 1. The quantitative estimate of drug-likeness (QED) is 0.690. The summed E-state index contributed by atoms with van der Waals surface area (Å²) in [5.41, 5.74) is 2.78. The molecule has 1 fully saturated rings. The lowest BCUT2D eigenvalue weighted by molar-refractivity contribution is -0.144. The fourth-order valence-corrected chi connectivity index (χ4v) is 4.59. The van der Waals surface area contributed by atoms with Gasteiger partial charge >= 0.3 is 5.97 Å². The average Bonchev–Trinajstić information content (AvgIpc) is 2.90. The van der Waals surface area contributed by atoms with Crippen molar-refractivity contribution in [3.63, 3.8) is 0 Å². The number of benzene rings is 1. The number of rotatable bonds is 4. The van der Waals surface area contributed by atoms with Crippen LogP contribution in [0, 0.1) is 19.8 Å². The van der Waals surface area contributed by atoms with Crippen LogP contribution >= 0.6 is 15.9 Å². The maximum atomic E-state index is 13.1. The zero-order valence-electron chi connectivity index (χ0n) is 17.1. The van der Waals surface area contributed by atoms with Crippen molar-refractivity contribution in [1.82, 2.24) is 5.32 Å². The molecular formula is C22H28BrNO4. The summed E-state index contributed by atoms with van der Waals surface area (Å²) in [5, 5.41) is 3.15. The van der Waals surface area contributed by atoms with Gasteiger partial charge in [0.25, 0.3) is 5.91 Å². The Morgan fingerprint density at radius 1 is 1.21 bits per heavy atom.